The van der Waals surface area contributed by atoms with Crippen molar-refractivity contribution in [2.75, 3.05) is 26.3 Å². The summed E-state index contributed by atoms with van der Waals surface area (Å²) in [4.78, 5) is 70.6. The van der Waals surface area contributed by atoms with Gasteiger partial charge in [0.2, 0.25) is 0 Å². The van der Waals surface area contributed by atoms with Crippen molar-refractivity contribution in [3.8, 4) is 0 Å². The Bertz CT molecular complexity index is 1840. The van der Waals surface area contributed by atoms with Gasteiger partial charge in [-0.05, 0) is 144 Å². The lowest BCUT2D eigenvalue weighted by molar-refractivity contribution is -0.212. The molecule has 1 saturated heterocycles. The Kier molecular flexibility index (Phi) is 10.4. The van der Waals surface area contributed by atoms with E-state index in [-0.39, 0.29) is 87.8 Å². The summed E-state index contributed by atoms with van der Waals surface area (Å²) in [5.74, 6) is -1.64. The zero-order valence-electron chi connectivity index (χ0n) is 35.3. The predicted molar refractivity (Wildman–Crippen MR) is 207 cm³/mol. The van der Waals surface area contributed by atoms with Crippen LogP contribution in [-0.4, -0.2) is 60.9 Å². The monoisotopic (exact) mass is 779 g/mol. The zero-order valence-corrected chi connectivity index (χ0v) is 35.3. The van der Waals surface area contributed by atoms with Crippen LogP contribution in [0.3, 0.4) is 0 Å². The van der Waals surface area contributed by atoms with E-state index in [9.17, 15) is 19.2 Å². The first-order valence-electron chi connectivity index (χ1n) is 21.4. The van der Waals surface area contributed by atoms with Gasteiger partial charge in [0.05, 0.1) is 30.0 Å². The van der Waals surface area contributed by atoms with E-state index in [1.807, 2.05) is 26.8 Å². The van der Waals surface area contributed by atoms with Crippen LogP contribution in [0.15, 0.2) is 25.3 Å². The summed E-state index contributed by atoms with van der Waals surface area (Å²) in [5, 5.41) is 0. The lowest BCUT2D eigenvalue weighted by atomic mass is 9.33. The molecule has 0 amide bonds. The molecule has 1 aromatic heterocycles. The molecule has 6 aliphatic rings. The first-order chi connectivity index (χ1) is 26.3. The highest BCUT2D eigenvalue weighted by Crippen LogP contribution is 2.75. The number of fused-ring (bicyclic) bond motifs is 7. The molecule has 56 heavy (non-hydrogen) atoms. The van der Waals surface area contributed by atoms with Gasteiger partial charge in [0, 0.05) is 18.5 Å². The van der Waals surface area contributed by atoms with Gasteiger partial charge in [-0.15, -0.1) is 0 Å². The second-order valence-corrected chi connectivity index (χ2v) is 20.0. The third kappa shape index (κ3) is 6.09. The van der Waals surface area contributed by atoms with Crippen LogP contribution < -0.4 is 5.82 Å². The number of ether oxygens (including phenoxy) is 3. The van der Waals surface area contributed by atoms with Gasteiger partial charge in [-0.2, -0.15) is 0 Å². The van der Waals surface area contributed by atoms with Crippen molar-refractivity contribution < 1.29 is 42.2 Å². The number of hydrogen-bond acceptors (Lipinski definition) is 11. The summed E-state index contributed by atoms with van der Waals surface area (Å²) in [6.45, 7) is 20.5. The number of allylic oxidation sites excluding steroid dienone is 2. The largest absolute Gasteiger partial charge is 0.519 e. The average Bonchev–Trinajstić information content (AvgIpc) is 3.76. The Morgan fingerprint density at radius 3 is 2.27 bits per heavy atom. The number of hydrogen-bond donors (Lipinski definition) is 0. The van der Waals surface area contributed by atoms with Crippen LogP contribution in [-0.2, 0) is 40.0 Å². The molecule has 0 spiro atoms. The molecule has 1 aromatic rings. The van der Waals surface area contributed by atoms with Gasteiger partial charge in [-0.1, -0.05) is 40.2 Å². The standard InChI is InChI=1S/C45H65NO10/c1-10-22-53-37(49)41(5)18-17-40(4)19-20-43(7)29(30(40)24-41)23-31(47)35-42(6)15-13-34(46-21-14-28(25-46)36(48)52-11-2)45(9,33(42)12-16-44(35,43)8)38(50)54-26-32-27(3)55-39(51)56-32/h23,28,30,33-35H,10-22,24-26H2,1-9H3/t28-,30+,33-,34+,35-,40-,41+,42+,43-,44-,45+/m1/s1. The Morgan fingerprint density at radius 2 is 1.59 bits per heavy atom. The molecular formula is C45H65NO10. The van der Waals surface area contributed by atoms with Gasteiger partial charge in [-0.25, -0.2) is 4.79 Å². The van der Waals surface area contributed by atoms with E-state index in [0.29, 0.717) is 45.6 Å². The highest BCUT2D eigenvalue weighted by Gasteiger charge is 2.72. The topological polar surface area (TPSA) is 143 Å². The fraction of sp³-hybridized carbons (Fsp3) is 0.800. The number of nitrogens with zero attached hydrogens (tertiary/aromatic N) is 1. The van der Waals surface area contributed by atoms with Crippen molar-refractivity contribution in [2.45, 2.75) is 146 Å². The Morgan fingerprint density at radius 1 is 0.857 bits per heavy atom. The molecule has 11 atom stereocenters. The summed E-state index contributed by atoms with van der Waals surface area (Å²) >= 11 is 0. The van der Waals surface area contributed by atoms with Crippen molar-refractivity contribution in [1.82, 2.24) is 4.90 Å². The number of esters is 3. The molecule has 7 rings (SSSR count). The molecule has 5 fully saturated rings. The first kappa shape index (κ1) is 41.0. The van der Waals surface area contributed by atoms with Gasteiger partial charge < -0.3 is 23.0 Å². The van der Waals surface area contributed by atoms with Crippen molar-refractivity contribution in [3.05, 3.63) is 33.8 Å². The lowest BCUT2D eigenvalue weighted by Gasteiger charge is -2.70. The van der Waals surface area contributed by atoms with Crippen LogP contribution in [0.25, 0.3) is 0 Å². The minimum absolute atomic E-state index is 0.00444. The third-order valence-corrected chi connectivity index (χ3v) is 17.0. The van der Waals surface area contributed by atoms with Crippen LogP contribution >= 0.6 is 0 Å². The van der Waals surface area contributed by atoms with E-state index in [0.717, 1.165) is 51.4 Å². The van der Waals surface area contributed by atoms with E-state index in [1.54, 1.807) is 6.92 Å². The number of carbonyl (C=O) groups excluding carboxylic acids is 4. The maximum absolute atomic E-state index is 15.2. The summed E-state index contributed by atoms with van der Waals surface area (Å²) in [6, 6.07) is -0.225. The first-order valence-corrected chi connectivity index (χ1v) is 21.4. The van der Waals surface area contributed by atoms with Gasteiger partial charge in [0.1, 0.15) is 0 Å². The van der Waals surface area contributed by atoms with Gasteiger partial charge >= 0.3 is 23.7 Å². The van der Waals surface area contributed by atoms with E-state index < -0.39 is 22.1 Å². The van der Waals surface area contributed by atoms with Crippen LogP contribution in [0.4, 0.5) is 0 Å². The van der Waals surface area contributed by atoms with Gasteiger partial charge in [0.15, 0.2) is 23.9 Å². The highest BCUT2D eigenvalue weighted by molar-refractivity contribution is 5.96. The SMILES string of the molecule is CCCOC(=O)[C@@]1(C)CC[C@]2(C)CC[C@]3(C)C(=CC(=O)[C@@H]4[C@@]5(C)CC[C@H](N6CC[C@@H](C(=O)OCC)C6)[C@@](C)(C(=O)OCc6oc(=O)oc6C)[C@@H]5CC[C@]43C)[C@@H]2C1. The number of rotatable bonds is 9. The second-order valence-electron chi connectivity index (χ2n) is 20.0. The van der Waals surface area contributed by atoms with Gasteiger partial charge in [-0.3, -0.25) is 24.1 Å². The second kappa shape index (κ2) is 14.3. The Labute approximate surface area is 332 Å². The highest BCUT2D eigenvalue weighted by atomic mass is 16.6. The smallest absolute Gasteiger partial charge is 0.466 e. The van der Waals surface area contributed by atoms with E-state index in [4.69, 9.17) is 23.0 Å². The molecule has 0 radical (unpaired) electrons. The van der Waals surface area contributed by atoms with E-state index in [1.165, 1.54) is 5.57 Å². The minimum Gasteiger partial charge on any atom is -0.466 e. The van der Waals surface area contributed by atoms with E-state index >= 15 is 4.79 Å². The summed E-state index contributed by atoms with van der Waals surface area (Å²) in [5.41, 5.74) is -1.55. The predicted octanol–water partition coefficient (Wildman–Crippen LogP) is 7.75. The average molecular weight is 780 g/mol. The number of ketones is 1. The van der Waals surface area contributed by atoms with Gasteiger partial charge in [0.25, 0.3) is 0 Å². The molecule has 0 bridgehead atoms. The van der Waals surface area contributed by atoms with Crippen LogP contribution in [0.1, 0.15) is 138 Å². The molecule has 0 unspecified atom stereocenters. The van der Waals surface area contributed by atoms with Crippen LogP contribution in [0.5, 0.6) is 0 Å². The Hall–Kier alpha value is -3.21. The fourth-order valence-corrected chi connectivity index (χ4v) is 13.6. The van der Waals surface area contributed by atoms with Crippen LogP contribution in [0.2, 0.25) is 0 Å². The maximum Gasteiger partial charge on any atom is 0.519 e. The minimum atomic E-state index is -1.03. The number of carbonyl (C=O) groups is 4. The molecule has 2 heterocycles. The quantitative estimate of drug-likeness (QED) is 0.179. The zero-order chi connectivity index (χ0) is 40.6. The molecule has 11 heteroatoms. The molecule has 4 saturated carbocycles. The van der Waals surface area contributed by atoms with Crippen LogP contribution in [0, 0.1) is 63.1 Å². The number of aryl methyl sites for hydroxylation is 1. The van der Waals surface area contributed by atoms with E-state index in [2.05, 4.69) is 39.5 Å². The lowest BCUT2D eigenvalue weighted by Crippen LogP contribution is -2.69. The maximum atomic E-state index is 15.2. The van der Waals surface area contributed by atoms with Crippen molar-refractivity contribution in [2.24, 2.45) is 56.2 Å². The van der Waals surface area contributed by atoms with Crippen molar-refractivity contribution >= 4 is 23.7 Å². The molecule has 0 aromatic carbocycles. The number of likely N-dealkylation sites (tertiary alicyclic amines) is 1. The third-order valence-electron chi connectivity index (χ3n) is 17.0. The molecular weight excluding hydrogens is 714 g/mol. The van der Waals surface area contributed by atoms with Crippen molar-refractivity contribution in [1.29, 1.82) is 0 Å². The summed E-state index contributed by atoms with van der Waals surface area (Å²) in [6.07, 6.45) is 10.8. The molecule has 11 nitrogen and oxygen atoms in total. The fourth-order valence-electron chi connectivity index (χ4n) is 13.6. The summed E-state index contributed by atoms with van der Waals surface area (Å²) in [7, 11) is 0. The Balaban J connectivity index is 1.25. The summed E-state index contributed by atoms with van der Waals surface area (Å²) < 4.78 is 27.5. The van der Waals surface area contributed by atoms with Crippen molar-refractivity contribution in [3.63, 3.8) is 0 Å². The molecule has 0 N–H and O–H groups in total. The normalized spacial score (nSPS) is 42.1. The molecule has 310 valence electrons. The molecule has 1 aliphatic heterocycles. The molecule has 5 aliphatic carbocycles.